The average Bonchev–Trinajstić information content (AvgIpc) is 3.52. The first kappa shape index (κ1) is 31.1. The Morgan fingerprint density at radius 2 is 0.925 bits per heavy atom. The summed E-state index contributed by atoms with van der Waals surface area (Å²) in [5.74, 6) is 0. The highest BCUT2D eigenvalue weighted by Crippen LogP contribution is 2.57. The van der Waals surface area contributed by atoms with Crippen molar-refractivity contribution in [1.29, 1.82) is 0 Å². The van der Waals surface area contributed by atoms with Gasteiger partial charge in [-0.2, -0.15) is 0 Å². The molecule has 0 saturated carbocycles. The van der Waals surface area contributed by atoms with Gasteiger partial charge in [-0.25, -0.2) is 0 Å². The highest BCUT2D eigenvalue weighted by molar-refractivity contribution is 6.04. The molecule has 53 heavy (non-hydrogen) atoms. The van der Waals surface area contributed by atoms with E-state index in [1.165, 1.54) is 71.6 Å². The van der Waals surface area contributed by atoms with Gasteiger partial charge in [0, 0.05) is 16.6 Å². The van der Waals surface area contributed by atoms with Gasteiger partial charge in [-0.3, -0.25) is 0 Å². The molecule has 0 saturated heterocycles. The zero-order valence-electron chi connectivity index (χ0n) is 29.6. The fraction of sp³-hybridized carbons (Fsp3) is 0.0385. The summed E-state index contributed by atoms with van der Waals surface area (Å²) in [5, 5.41) is 4.86. The fourth-order valence-electron chi connectivity index (χ4n) is 8.89. The number of fused-ring (bicyclic) bond motifs is 5. The van der Waals surface area contributed by atoms with Gasteiger partial charge in [0.2, 0.25) is 0 Å². The molecular formula is C52H37N. The summed E-state index contributed by atoms with van der Waals surface area (Å²) in [7, 11) is 0. The van der Waals surface area contributed by atoms with Crippen molar-refractivity contribution in [2.24, 2.45) is 0 Å². The number of aryl methyl sites for hydroxylation is 1. The molecule has 1 nitrogen and oxygen atoms in total. The molecule has 1 heteroatoms. The van der Waals surface area contributed by atoms with Crippen LogP contribution in [0.4, 0.5) is 17.1 Å². The van der Waals surface area contributed by atoms with E-state index in [9.17, 15) is 0 Å². The van der Waals surface area contributed by atoms with Gasteiger partial charge < -0.3 is 4.90 Å². The largest absolute Gasteiger partial charge is 0.309 e. The summed E-state index contributed by atoms with van der Waals surface area (Å²) < 4.78 is 0. The Hall–Kier alpha value is -6.70. The molecule has 9 aromatic carbocycles. The van der Waals surface area contributed by atoms with Crippen molar-refractivity contribution in [2.75, 3.05) is 4.90 Å². The number of hydrogen-bond acceptors (Lipinski definition) is 1. The maximum atomic E-state index is 2.51. The van der Waals surface area contributed by atoms with Crippen LogP contribution in [0.15, 0.2) is 206 Å². The van der Waals surface area contributed by atoms with E-state index in [1.54, 1.807) is 0 Å². The molecule has 0 amide bonds. The van der Waals surface area contributed by atoms with Crippen LogP contribution in [0.1, 0.15) is 27.8 Å². The molecule has 250 valence electrons. The second kappa shape index (κ2) is 12.5. The fourth-order valence-corrected chi connectivity index (χ4v) is 8.89. The Morgan fingerprint density at radius 3 is 1.66 bits per heavy atom. The molecule has 0 aliphatic heterocycles. The molecule has 0 heterocycles. The SMILES string of the molecule is Cc1ccccc1-c1cc2ccccc2cc1N(c1ccc2c(c1)C(c1ccccc1)(c1ccccc1)c1ccccc1-2)c1cccc2ccccc12. The highest BCUT2D eigenvalue weighted by Gasteiger charge is 2.46. The van der Waals surface area contributed by atoms with Crippen molar-refractivity contribution >= 4 is 38.6 Å². The summed E-state index contributed by atoms with van der Waals surface area (Å²) >= 11 is 0. The topological polar surface area (TPSA) is 3.24 Å². The molecule has 1 aliphatic carbocycles. The lowest BCUT2D eigenvalue weighted by Gasteiger charge is -2.35. The molecule has 9 aromatic rings. The lowest BCUT2D eigenvalue weighted by Crippen LogP contribution is -2.28. The van der Waals surface area contributed by atoms with E-state index < -0.39 is 5.41 Å². The zero-order chi connectivity index (χ0) is 35.4. The standard InChI is InChI=1S/C52H37N/c1-36-17-8-12-26-43(36)47-33-38-19-9-10-20-39(38)34-51(47)53(50-30-16-21-37-18-11-13-27-44(37)50)42-31-32-46-45-28-14-15-29-48(45)52(49(46)35-42,40-22-4-2-5-23-40)41-24-6-3-7-25-41/h2-35H,1H3. The first-order valence-electron chi connectivity index (χ1n) is 18.4. The predicted molar refractivity (Wildman–Crippen MR) is 224 cm³/mol. The van der Waals surface area contributed by atoms with Gasteiger partial charge in [0.25, 0.3) is 0 Å². The van der Waals surface area contributed by atoms with Crippen molar-refractivity contribution in [3.05, 3.63) is 234 Å². The molecule has 0 radical (unpaired) electrons. The number of anilines is 3. The van der Waals surface area contributed by atoms with E-state index in [1.807, 2.05) is 0 Å². The quantitative estimate of drug-likeness (QED) is 0.170. The van der Waals surface area contributed by atoms with Crippen LogP contribution in [0.5, 0.6) is 0 Å². The van der Waals surface area contributed by atoms with E-state index in [4.69, 9.17) is 0 Å². The smallest absolute Gasteiger partial charge is 0.0714 e. The van der Waals surface area contributed by atoms with Crippen molar-refractivity contribution in [1.82, 2.24) is 0 Å². The summed E-state index contributed by atoms with van der Waals surface area (Å²) in [6, 6.07) is 76.1. The van der Waals surface area contributed by atoms with Crippen molar-refractivity contribution in [3.8, 4) is 22.3 Å². The van der Waals surface area contributed by atoms with Crippen molar-refractivity contribution in [2.45, 2.75) is 12.3 Å². The molecule has 0 atom stereocenters. The van der Waals surface area contributed by atoms with E-state index in [2.05, 4.69) is 218 Å². The maximum absolute atomic E-state index is 2.51. The van der Waals surface area contributed by atoms with Crippen LogP contribution in [-0.4, -0.2) is 0 Å². The molecule has 1 aliphatic rings. The van der Waals surface area contributed by atoms with E-state index in [0.717, 1.165) is 17.1 Å². The maximum Gasteiger partial charge on any atom is 0.0714 e. The van der Waals surface area contributed by atoms with Crippen LogP contribution >= 0.6 is 0 Å². The summed E-state index contributed by atoms with van der Waals surface area (Å²) in [6.07, 6.45) is 0. The van der Waals surface area contributed by atoms with E-state index >= 15 is 0 Å². The Kier molecular flexibility index (Phi) is 7.33. The molecule has 0 unspecified atom stereocenters. The Labute approximate surface area is 311 Å². The van der Waals surface area contributed by atoms with Crippen LogP contribution < -0.4 is 4.90 Å². The molecule has 0 spiro atoms. The third-order valence-electron chi connectivity index (χ3n) is 11.2. The van der Waals surface area contributed by atoms with Crippen LogP contribution in [0.25, 0.3) is 43.8 Å². The van der Waals surface area contributed by atoms with Gasteiger partial charge >= 0.3 is 0 Å². The first-order chi connectivity index (χ1) is 26.2. The molecule has 0 bridgehead atoms. The van der Waals surface area contributed by atoms with Gasteiger partial charge in [0.15, 0.2) is 0 Å². The Morgan fingerprint density at radius 1 is 0.358 bits per heavy atom. The van der Waals surface area contributed by atoms with Crippen LogP contribution in [-0.2, 0) is 5.41 Å². The predicted octanol–water partition coefficient (Wildman–Crippen LogP) is 13.8. The van der Waals surface area contributed by atoms with Crippen molar-refractivity contribution in [3.63, 3.8) is 0 Å². The van der Waals surface area contributed by atoms with E-state index in [-0.39, 0.29) is 0 Å². The third kappa shape index (κ3) is 4.85. The minimum absolute atomic E-state index is 0.503. The lowest BCUT2D eigenvalue weighted by atomic mass is 9.67. The number of nitrogens with zero attached hydrogens (tertiary/aromatic N) is 1. The monoisotopic (exact) mass is 675 g/mol. The molecule has 0 aromatic heterocycles. The normalized spacial score (nSPS) is 12.8. The Bertz CT molecular complexity index is 2750. The zero-order valence-corrected chi connectivity index (χ0v) is 29.6. The van der Waals surface area contributed by atoms with Gasteiger partial charge in [-0.15, -0.1) is 0 Å². The second-order valence-corrected chi connectivity index (χ2v) is 14.1. The van der Waals surface area contributed by atoms with Gasteiger partial charge in [0.05, 0.1) is 16.8 Å². The number of hydrogen-bond donors (Lipinski definition) is 0. The summed E-state index contributed by atoms with van der Waals surface area (Å²) in [4.78, 5) is 2.51. The first-order valence-corrected chi connectivity index (χ1v) is 18.4. The second-order valence-electron chi connectivity index (χ2n) is 14.1. The highest BCUT2D eigenvalue weighted by atomic mass is 15.1. The number of benzene rings is 9. The van der Waals surface area contributed by atoms with Gasteiger partial charge in [-0.1, -0.05) is 176 Å². The minimum Gasteiger partial charge on any atom is -0.309 e. The number of rotatable bonds is 6. The molecule has 10 rings (SSSR count). The summed E-state index contributed by atoms with van der Waals surface area (Å²) in [6.45, 7) is 2.22. The third-order valence-corrected chi connectivity index (χ3v) is 11.2. The molecule has 0 fully saturated rings. The summed E-state index contributed by atoms with van der Waals surface area (Å²) in [5.41, 5.74) is 14.3. The van der Waals surface area contributed by atoms with Gasteiger partial charge in [0.1, 0.15) is 0 Å². The van der Waals surface area contributed by atoms with E-state index in [0.29, 0.717) is 0 Å². The average molecular weight is 676 g/mol. The lowest BCUT2D eigenvalue weighted by molar-refractivity contribution is 0.768. The molecular weight excluding hydrogens is 639 g/mol. The van der Waals surface area contributed by atoms with Crippen LogP contribution in [0.3, 0.4) is 0 Å². The minimum atomic E-state index is -0.503. The van der Waals surface area contributed by atoms with Crippen molar-refractivity contribution < 1.29 is 0 Å². The van der Waals surface area contributed by atoms with Crippen LogP contribution in [0.2, 0.25) is 0 Å². The Balaban J connectivity index is 1.33. The molecule has 0 N–H and O–H groups in total. The van der Waals surface area contributed by atoms with Crippen LogP contribution in [0, 0.1) is 6.92 Å². The van der Waals surface area contributed by atoms with Gasteiger partial charge in [-0.05, 0) is 97.9 Å².